The van der Waals surface area contributed by atoms with Gasteiger partial charge in [0.25, 0.3) is 5.69 Å². The number of nitro benzene ring substituents is 1. The van der Waals surface area contributed by atoms with Gasteiger partial charge in [0.1, 0.15) is 0 Å². The van der Waals surface area contributed by atoms with Gasteiger partial charge >= 0.3 is 0 Å². The Morgan fingerprint density at radius 1 is 1.32 bits per heavy atom. The molecule has 1 aliphatic heterocycles. The third kappa shape index (κ3) is 5.35. The van der Waals surface area contributed by atoms with Crippen LogP contribution >= 0.6 is 11.3 Å². The lowest BCUT2D eigenvalue weighted by Gasteiger charge is -2.34. The molecule has 2 N–H and O–H groups in total. The Morgan fingerprint density at radius 3 is 2.79 bits per heavy atom. The smallest absolute Gasteiger partial charge is 0.271 e. The highest BCUT2D eigenvalue weighted by molar-refractivity contribution is 7.10. The zero-order valence-corrected chi connectivity index (χ0v) is 16.5. The number of anilines is 1. The zero-order chi connectivity index (χ0) is 19.9. The molecule has 1 fully saturated rings. The summed E-state index contributed by atoms with van der Waals surface area (Å²) in [7, 11) is 0. The van der Waals surface area contributed by atoms with Crippen molar-refractivity contribution < 1.29 is 14.5 Å². The van der Waals surface area contributed by atoms with Crippen LogP contribution in [0.25, 0.3) is 0 Å². The molecule has 2 atom stereocenters. The molecule has 1 aromatic carbocycles. The molecule has 0 saturated carbocycles. The summed E-state index contributed by atoms with van der Waals surface area (Å²) in [5, 5.41) is 19.0. The number of carbonyl (C=O) groups is 1. The van der Waals surface area contributed by atoms with Crippen LogP contribution < -0.4 is 10.6 Å². The molecule has 28 heavy (non-hydrogen) atoms. The summed E-state index contributed by atoms with van der Waals surface area (Å²) in [5.74, 6) is -0.229. The highest BCUT2D eigenvalue weighted by Crippen LogP contribution is 2.25. The van der Waals surface area contributed by atoms with Gasteiger partial charge in [-0.2, -0.15) is 0 Å². The molecule has 1 saturated heterocycles. The normalized spacial score (nSPS) is 17.0. The Morgan fingerprint density at radius 2 is 2.11 bits per heavy atom. The molecule has 0 aliphatic carbocycles. The number of thiophene rings is 1. The van der Waals surface area contributed by atoms with Crippen LogP contribution in [0.4, 0.5) is 11.4 Å². The minimum atomic E-state index is -0.481. The summed E-state index contributed by atoms with van der Waals surface area (Å²) in [6, 6.07) is 9.82. The van der Waals surface area contributed by atoms with Gasteiger partial charge in [-0.1, -0.05) is 12.1 Å². The maximum absolute atomic E-state index is 12.5. The molecule has 3 rings (SSSR count). The SMILES string of the molecule is CC(NCC(c1cccs1)N1CCOCC1)C(=O)Nc1cccc([N+](=O)[O-])c1. The van der Waals surface area contributed by atoms with E-state index in [4.69, 9.17) is 4.74 Å². The average molecular weight is 404 g/mol. The number of morpholine rings is 1. The molecule has 1 aliphatic rings. The van der Waals surface area contributed by atoms with Crippen LogP contribution in [-0.4, -0.2) is 54.6 Å². The van der Waals surface area contributed by atoms with Gasteiger partial charge in [-0.3, -0.25) is 19.8 Å². The van der Waals surface area contributed by atoms with E-state index >= 15 is 0 Å². The number of rotatable bonds is 8. The number of nitro groups is 1. The molecule has 2 heterocycles. The topological polar surface area (TPSA) is 96.7 Å². The predicted molar refractivity (Wildman–Crippen MR) is 109 cm³/mol. The quantitative estimate of drug-likeness (QED) is 0.519. The van der Waals surface area contributed by atoms with Gasteiger partial charge in [-0.15, -0.1) is 11.3 Å². The van der Waals surface area contributed by atoms with Crippen LogP contribution in [0.2, 0.25) is 0 Å². The fourth-order valence-corrected chi connectivity index (χ4v) is 3.97. The van der Waals surface area contributed by atoms with Crippen molar-refractivity contribution in [1.82, 2.24) is 10.2 Å². The van der Waals surface area contributed by atoms with Gasteiger partial charge in [-0.25, -0.2) is 0 Å². The van der Waals surface area contributed by atoms with Crippen LogP contribution in [0.3, 0.4) is 0 Å². The van der Waals surface area contributed by atoms with E-state index in [0.717, 1.165) is 13.1 Å². The van der Waals surface area contributed by atoms with E-state index < -0.39 is 11.0 Å². The number of carbonyl (C=O) groups excluding carboxylic acids is 1. The number of benzene rings is 1. The number of hydrogen-bond donors (Lipinski definition) is 2. The summed E-state index contributed by atoms with van der Waals surface area (Å²) >= 11 is 1.70. The molecule has 1 aromatic heterocycles. The highest BCUT2D eigenvalue weighted by Gasteiger charge is 2.25. The Balaban J connectivity index is 1.59. The van der Waals surface area contributed by atoms with Crippen LogP contribution in [0, 0.1) is 10.1 Å². The summed E-state index contributed by atoms with van der Waals surface area (Å²) in [4.78, 5) is 26.5. The van der Waals surface area contributed by atoms with E-state index in [2.05, 4.69) is 27.0 Å². The summed E-state index contributed by atoms with van der Waals surface area (Å²) in [6.07, 6.45) is 0. The van der Waals surface area contributed by atoms with Crippen molar-refractivity contribution in [3.8, 4) is 0 Å². The molecule has 0 spiro atoms. The Bertz CT molecular complexity index is 793. The fraction of sp³-hybridized carbons (Fsp3) is 0.421. The second kappa shape index (κ2) is 9.74. The monoisotopic (exact) mass is 404 g/mol. The van der Waals surface area contributed by atoms with E-state index in [1.807, 2.05) is 6.07 Å². The van der Waals surface area contributed by atoms with Crippen LogP contribution in [0.5, 0.6) is 0 Å². The van der Waals surface area contributed by atoms with Gasteiger partial charge in [0.2, 0.25) is 5.91 Å². The van der Waals surface area contributed by atoms with Crippen molar-refractivity contribution in [2.24, 2.45) is 0 Å². The largest absolute Gasteiger partial charge is 0.379 e. The van der Waals surface area contributed by atoms with Crippen LogP contribution in [0.15, 0.2) is 41.8 Å². The number of non-ortho nitro benzene ring substituents is 1. The number of nitrogens with one attached hydrogen (secondary N) is 2. The molecular weight excluding hydrogens is 380 g/mol. The second-order valence-corrected chi connectivity index (χ2v) is 7.59. The molecule has 9 heteroatoms. The van der Waals surface area contributed by atoms with Gasteiger partial charge in [-0.05, 0) is 24.4 Å². The van der Waals surface area contributed by atoms with Gasteiger partial charge in [0.15, 0.2) is 0 Å². The lowest BCUT2D eigenvalue weighted by molar-refractivity contribution is -0.384. The minimum Gasteiger partial charge on any atom is -0.379 e. The summed E-state index contributed by atoms with van der Waals surface area (Å²) in [5.41, 5.74) is 0.360. The van der Waals surface area contributed by atoms with Crippen LogP contribution in [-0.2, 0) is 9.53 Å². The molecule has 8 nitrogen and oxygen atoms in total. The third-order valence-corrected chi connectivity index (χ3v) is 5.67. The number of ether oxygens (including phenoxy) is 1. The van der Waals surface area contributed by atoms with Gasteiger partial charge in [0.05, 0.1) is 30.2 Å². The van der Waals surface area contributed by atoms with E-state index in [9.17, 15) is 14.9 Å². The fourth-order valence-electron chi connectivity index (χ4n) is 3.11. The highest BCUT2D eigenvalue weighted by atomic mass is 32.1. The van der Waals surface area contributed by atoms with Gasteiger partial charge < -0.3 is 15.4 Å². The first kappa shape index (κ1) is 20.4. The minimum absolute atomic E-state index is 0.0523. The lowest BCUT2D eigenvalue weighted by Crippen LogP contribution is -2.46. The second-order valence-electron chi connectivity index (χ2n) is 6.61. The zero-order valence-electron chi connectivity index (χ0n) is 15.7. The first-order valence-electron chi connectivity index (χ1n) is 9.18. The molecule has 0 bridgehead atoms. The maximum Gasteiger partial charge on any atom is 0.271 e. The summed E-state index contributed by atoms with van der Waals surface area (Å²) in [6.45, 7) is 5.56. The number of nitrogens with zero attached hydrogens (tertiary/aromatic N) is 2. The predicted octanol–water partition coefficient (Wildman–Crippen LogP) is 2.65. The molecule has 1 amide bonds. The van der Waals surface area contributed by atoms with Crippen molar-refractivity contribution in [3.05, 3.63) is 56.8 Å². The first-order chi connectivity index (χ1) is 13.5. The molecule has 0 radical (unpaired) electrons. The van der Waals surface area contributed by atoms with Crippen molar-refractivity contribution >= 4 is 28.6 Å². The van der Waals surface area contributed by atoms with E-state index in [1.54, 1.807) is 30.4 Å². The Hall–Kier alpha value is -2.33. The number of hydrogen-bond acceptors (Lipinski definition) is 7. The van der Waals surface area contributed by atoms with Crippen molar-refractivity contribution in [1.29, 1.82) is 0 Å². The first-order valence-corrected chi connectivity index (χ1v) is 10.1. The van der Waals surface area contributed by atoms with E-state index in [1.165, 1.54) is 17.0 Å². The lowest BCUT2D eigenvalue weighted by atomic mass is 10.1. The Kier molecular flexibility index (Phi) is 7.10. The van der Waals surface area contributed by atoms with Crippen LogP contribution in [0.1, 0.15) is 17.8 Å². The average Bonchev–Trinajstić information content (AvgIpc) is 3.23. The number of amides is 1. The van der Waals surface area contributed by atoms with E-state index in [0.29, 0.717) is 25.4 Å². The molecular formula is C19H24N4O4S. The van der Waals surface area contributed by atoms with E-state index in [-0.39, 0.29) is 17.6 Å². The maximum atomic E-state index is 12.5. The van der Waals surface area contributed by atoms with Crippen molar-refractivity contribution in [2.45, 2.75) is 19.0 Å². The third-order valence-electron chi connectivity index (χ3n) is 4.69. The van der Waals surface area contributed by atoms with Gasteiger partial charge in [0, 0.05) is 42.3 Å². The Labute approximate surface area is 167 Å². The molecule has 150 valence electrons. The summed E-state index contributed by atoms with van der Waals surface area (Å²) < 4.78 is 5.45. The molecule has 2 unspecified atom stereocenters. The van der Waals surface area contributed by atoms with Crippen molar-refractivity contribution in [2.75, 3.05) is 38.2 Å². The standard InChI is InChI=1S/C19H24N4O4S/c1-14(19(24)21-15-4-2-5-16(12-15)23(25)26)20-13-17(18-6-3-11-28-18)22-7-9-27-10-8-22/h2-6,11-12,14,17,20H,7-10,13H2,1H3,(H,21,24). The molecule has 2 aromatic rings. The van der Waals surface area contributed by atoms with Crippen molar-refractivity contribution in [3.63, 3.8) is 0 Å².